The molecule has 3 nitrogen and oxygen atoms in total. The fourth-order valence-electron chi connectivity index (χ4n) is 2.30. The molecule has 0 bridgehead atoms. The summed E-state index contributed by atoms with van der Waals surface area (Å²) >= 11 is 0. The zero-order valence-electron chi connectivity index (χ0n) is 11.4. The number of carboxylic acid groups (broad SMARTS) is 1. The number of hydrogen-bond donors (Lipinski definition) is 1. The first-order valence-corrected chi connectivity index (χ1v) is 6.26. The van der Waals surface area contributed by atoms with Crippen LogP contribution in [0.3, 0.4) is 0 Å². The van der Waals surface area contributed by atoms with Gasteiger partial charge >= 0.3 is 5.97 Å². The van der Waals surface area contributed by atoms with Crippen molar-refractivity contribution in [1.29, 1.82) is 0 Å². The van der Waals surface area contributed by atoms with Crippen LogP contribution in [0.15, 0.2) is 18.2 Å². The molecule has 3 heteroatoms. The van der Waals surface area contributed by atoms with Gasteiger partial charge in [0.1, 0.15) is 5.75 Å². The maximum absolute atomic E-state index is 11.0. The van der Waals surface area contributed by atoms with Gasteiger partial charge < -0.3 is 9.84 Å². The molecule has 1 fully saturated rings. The van der Waals surface area contributed by atoms with Crippen molar-refractivity contribution in [2.45, 2.75) is 38.5 Å². The van der Waals surface area contributed by atoms with E-state index >= 15 is 0 Å². The van der Waals surface area contributed by atoms with Crippen LogP contribution in [-0.2, 0) is 10.2 Å². The fraction of sp³-hybridized carbons (Fsp3) is 0.533. The number of benzene rings is 1. The third kappa shape index (κ3) is 2.35. The molecule has 1 aromatic carbocycles. The number of carbonyl (C=O) groups is 1. The van der Waals surface area contributed by atoms with Gasteiger partial charge in [-0.3, -0.25) is 4.79 Å². The molecule has 1 saturated carbocycles. The molecule has 0 aromatic heterocycles. The summed E-state index contributed by atoms with van der Waals surface area (Å²) in [5.41, 5.74) is 2.32. The minimum Gasteiger partial charge on any atom is -0.496 e. The lowest BCUT2D eigenvalue weighted by Gasteiger charge is -2.21. The average molecular weight is 248 g/mol. The zero-order chi connectivity index (χ0) is 13.5. The van der Waals surface area contributed by atoms with E-state index in [-0.39, 0.29) is 17.3 Å². The SMILES string of the molecule is COc1ccc(C(C)(C)C)cc1C1CC1C(=O)O. The second-order valence-corrected chi connectivity index (χ2v) is 5.99. The Kier molecular flexibility index (Phi) is 3.09. The van der Waals surface area contributed by atoms with Crippen LogP contribution in [0.2, 0.25) is 0 Å². The molecule has 2 unspecified atom stereocenters. The van der Waals surface area contributed by atoms with E-state index in [4.69, 9.17) is 9.84 Å². The lowest BCUT2D eigenvalue weighted by atomic mass is 9.85. The zero-order valence-corrected chi connectivity index (χ0v) is 11.4. The van der Waals surface area contributed by atoms with Gasteiger partial charge in [-0.15, -0.1) is 0 Å². The molecule has 1 aliphatic carbocycles. The van der Waals surface area contributed by atoms with Crippen LogP contribution < -0.4 is 4.74 Å². The molecule has 18 heavy (non-hydrogen) atoms. The lowest BCUT2D eigenvalue weighted by Crippen LogP contribution is -2.11. The first-order valence-electron chi connectivity index (χ1n) is 6.26. The number of rotatable bonds is 3. The molecule has 0 amide bonds. The van der Waals surface area contributed by atoms with Crippen LogP contribution in [0.5, 0.6) is 5.75 Å². The number of aliphatic carboxylic acids is 1. The van der Waals surface area contributed by atoms with Crippen molar-refractivity contribution in [2.24, 2.45) is 5.92 Å². The highest BCUT2D eigenvalue weighted by Gasteiger charge is 2.45. The molecular formula is C15H20O3. The smallest absolute Gasteiger partial charge is 0.307 e. The first kappa shape index (κ1) is 12.9. The summed E-state index contributed by atoms with van der Waals surface area (Å²) in [6, 6.07) is 6.11. The maximum atomic E-state index is 11.0. The molecule has 0 saturated heterocycles. The van der Waals surface area contributed by atoms with Crippen molar-refractivity contribution >= 4 is 5.97 Å². The summed E-state index contributed by atoms with van der Waals surface area (Å²) < 4.78 is 5.35. The Morgan fingerprint density at radius 1 is 1.39 bits per heavy atom. The van der Waals surface area contributed by atoms with Gasteiger partial charge in [-0.05, 0) is 29.0 Å². The van der Waals surface area contributed by atoms with Crippen molar-refractivity contribution in [3.05, 3.63) is 29.3 Å². The average Bonchev–Trinajstić information content (AvgIpc) is 3.06. The minimum atomic E-state index is -0.705. The predicted octanol–water partition coefficient (Wildman–Crippen LogP) is 3.18. The molecule has 0 radical (unpaired) electrons. The van der Waals surface area contributed by atoms with Gasteiger partial charge in [0.2, 0.25) is 0 Å². The van der Waals surface area contributed by atoms with E-state index in [1.54, 1.807) is 7.11 Å². The molecule has 2 rings (SSSR count). The summed E-state index contributed by atoms with van der Waals surface area (Å²) in [5.74, 6) is -0.0335. The normalized spacial score (nSPS) is 22.7. The topological polar surface area (TPSA) is 46.5 Å². The molecule has 1 aromatic rings. The standard InChI is InChI=1S/C15H20O3/c1-15(2,3)9-5-6-13(18-4)11(7-9)10-8-12(10)14(16)17/h5-7,10,12H,8H2,1-4H3,(H,16,17). The fourth-order valence-corrected chi connectivity index (χ4v) is 2.30. The highest BCUT2D eigenvalue weighted by atomic mass is 16.5. The molecule has 0 aliphatic heterocycles. The maximum Gasteiger partial charge on any atom is 0.307 e. The summed E-state index contributed by atoms with van der Waals surface area (Å²) in [7, 11) is 1.63. The Balaban J connectivity index is 2.36. The van der Waals surface area contributed by atoms with Gasteiger partial charge in [0.25, 0.3) is 0 Å². The van der Waals surface area contributed by atoms with Crippen LogP contribution in [0.25, 0.3) is 0 Å². The Bertz CT molecular complexity index is 471. The third-order valence-electron chi connectivity index (χ3n) is 3.60. The molecule has 0 spiro atoms. The Morgan fingerprint density at radius 3 is 2.50 bits per heavy atom. The van der Waals surface area contributed by atoms with Crippen LogP contribution in [0, 0.1) is 5.92 Å². The summed E-state index contributed by atoms with van der Waals surface area (Å²) in [6.45, 7) is 6.46. The van der Waals surface area contributed by atoms with Gasteiger partial charge in [0.05, 0.1) is 13.0 Å². The second kappa shape index (κ2) is 4.30. The predicted molar refractivity (Wildman–Crippen MR) is 70.2 cm³/mol. The third-order valence-corrected chi connectivity index (χ3v) is 3.60. The summed E-state index contributed by atoms with van der Waals surface area (Å²) in [5, 5.41) is 9.04. The first-order chi connectivity index (χ1) is 8.34. The van der Waals surface area contributed by atoms with Crippen molar-refractivity contribution < 1.29 is 14.6 Å². The second-order valence-electron chi connectivity index (χ2n) is 5.99. The van der Waals surface area contributed by atoms with Gasteiger partial charge in [-0.1, -0.05) is 32.9 Å². The van der Waals surface area contributed by atoms with E-state index in [0.29, 0.717) is 0 Å². The molecule has 0 heterocycles. The van der Waals surface area contributed by atoms with Gasteiger partial charge in [-0.25, -0.2) is 0 Å². The van der Waals surface area contributed by atoms with Crippen molar-refractivity contribution in [3.63, 3.8) is 0 Å². The summed E-state index contributed by atoms with van der Waals surface area (Å²) in [6.07, 6.45) is 0.722. The van der Waals surface area contributed by atoms with E-state index in [9.17, 15) is 4.79 Å². The van der Waals surface area contributed by atoms with Crippen molar-refractivity contribution in [1.82, 2.24) is 0 Å². The number of carboxylic acids is 1. The van der Waals surface area contributed by atoms with E-state index in [2.05, 4.69) is 32.9 Å². The number of hydrogen-bond acceptors (Lipinski definition) is 2. The van der Waals surface area contributed by atoms with E-state index in [1.807, 2.05) is 6.07 Å². The minimum absolute atomic E-state index is 0.0641. The molecule has 1 N–H and O–H groups in total. The van der Waals surface area contributed by atoms with Gasteiger partial charge in [0.15, 0.2) is 0 Å². The monoisotopic (exact) mass is 248 g/mol. The highest BCUT2D eigenvalue weighted by Crippen LogP contribution is 2.51. The van der Waals surface area contributed by atoms with E-state index in [0.717, 1.165) is 17.7 Å². The lowest BCUT2D eigenvalue weighted by molar-refractivity contribution is -0.138. The molecule has 98 valence electrons. The van der Waals surface area contributed by atoms with E-state index < -0.39 is 5.97 Å². The van der Waals surface area contributed by atoms with Crippen LogP contribution >= 0.6 is 0 Å². The summed E-state index contributed by atoms with van der Waals surface area (Å²) in [4.78, 5) is 11.0. The van der Waals surface area contributed by atoms with Gasteiger partial charge in [-0.2, -0.15) is 0 Å². The van der Waals surface area contributed by atoms with Crippen molar-refractivity contribution in [2.75, 3.05) is 7.11 Å². The highest BCUT2D eigenvalue weighted by molar-refractivity contribution is 5.75. The molecule has 2 atom stereocenters. The van der Waals surface area contributed by atoms with Gasteiger partial charge in [0, 0.05) is 5.92 Å². The van der Waals surface area contributed by atoms with Crippen molar-refractivity contribution in [3.8, 4) is 5.75 Å². The Labute approximate surface area is 108 Å². The quantitative estimate of drug-likeness (QED) is 0.893. The Hall–Kier alpha value is -1.51. The van der Waals surface area contributed by atoms with Crippen LogP contribution in [0.4, 0.5) is 0 Å². The molecule has 1 aliphatic rings. The number of ether oxygens (including phenoxy) is 1. The number of methoxy groups -OCH3 is 1. The molecular weight excluding hydrogens is 228 g/mol. The van der Waals surface area contributed by atoms with E-state index in [1.165, 1.54) is 5.56 Å². The Morgan fingerprint density at radius 2 is 2.06 bits per heavy atom. The van der Waals surface area contributed by atoms with Crippen LogP contribution in [-0.4, -0.2) is 18.2 Å². The van der Waals surface area contributed by atoms with Crippen LogP contribution in [0.1, 0.15) is 44.2 Å². The largest absolute Gasteiger partial charge is 0.496 e.